The van der Waals surface area contributed by atoms with Crippen LogP contribution in [-0.2, 0) is 9.59 Å². The number of rotatable bonds is 6. The van der Waals surface area contributed by atoms with E-state index in [9.17, 15) is 14.4 Å². The van der Waals surface area contributed by atoms with E-state index in [0.717, 1.165) is 25.7 Å². The van der Waals surface area contributed by atoms with E-state index in [2.05, 4.69) is 10.6 Å². The summed E-state index contributed by atoms with van der Waals surface area (Å²) in [5.74, 6) is -2.62. The highest BCUT2D eigenvalue weighted by Gasteiger charge is 2.26. The van der Waals surface area contributed by atoms with E-state index in [4.69, 9.17) is 10.2 Å². The van der Waals surface area contributed by atoms with E-state index in [-0.39, 0.29) is 6.04 Å². The number of urea groups is 1. The molecule has 114 valence electrons. The van der Waals surface area contributed by atoms with Crippen molar-refractivity contribution >= 4 is 29.7 Å². The smallest absolute Gasteiger partial charge is 0.326 e. The fourth-order valence-electron chi connectivity index (χ4n) is 2.25. The lowest BCUT2D eigenvalue weighted by molar-refractivity contribution is -0.145. The molecular weight excluding hydrogens is 284 g/mol. The molecule has 0 aromatic rings. The molecule has 7 nitrogen and oxygen atoms in total. The molecular formula is C12H20N2O5S. The first kappa shape index (κ1) is 16.6. The van der Waals surface area contributed by atoms with Gasteiger partial charge < -0.3 is 20.8 Å². The lowest BCUT2D eigenvalue weighted by Crippen LogP contribution is -2.50. The van der Waals surface area contributed by atoms with E-state index in [1.54, 1.807) is 11.8 Å². The molecule has 1 aliphatic carbocycles. The molecule has 4 N–H and O–H groups in total. The molecule has 0 spiro atoms. The van der Waals surface area contributed by atoms with Gasteiger partial charge in [0.1, 0.15) is 6.04 Å². The van der Waals surface area contributed by atoms with Gasteiger partial charge in [0, 0.05) is 11.3 Å². The maximum absolute atomic E-state index is 11.7. The number of carbonyl (C=O) groups is 3. The van der Waals surface area contributed by atoms with Gasteiger partial charge in [0.15, 0.2) is 0 Å². The van der Waals surface area contributed by atoms with Crippen LogP contribution in [0, 0.1) is 0 Å². The second-order valence-corrected chi connectivity index (χ2v) is 5.97. The van der Waals surface area contributed by atoms with E-state index >= 15 is 0 Å². The summed E-state index contributed by atoms with van der Waals surface area (Å²) in [4.78, 5) is 33.1. The Balaban J connectivity index is 2.44. The molecule has 0 aromatic heterocycles. The van der Waals surface area contributed by atoms with Crippen LogP contribution in [0.25, 0.3) is 0 Å². The van der Waals surface area contributed by atoms with Crippen LogP contribution in [0.3, 0.4) is 0 Å². The zero-order valence-corrected chi connectivity index (χ0v) is 12.1. The fourth-order valence-corrected chi connectivity index (χ4v) is 3.08. The first-order chi connectivity index (χ1) is 9.42. The fraction of sp³-hybridized carbons (Fsp3) is 0.750. The summed E-state index contributed by atoms with van der Waals surface area (Å²) in [5, 5.41) is 22.9. The molecule has 0 aliphatic heterocycles. The van der Waals surface area contributed by atoms with Crippen molar-refractivity contribution in [3.63, 3.8) is 0 Å². The maximum Gasteiger partial charge on any atom is 0.326 e. The summed E-state index contributed by atoms with van der Waals surface area (Å²) in [6.07, 6.45) is 5.25. The largest absolute Gasteiger partial charge is 0.481 e. The third-order valence-electron chi connectivity index (χ3n) is 3.28. The molecule has 0 saturated heterocycles. The summed E-state index contributed by atoms with van der Waals surface area (Å²) < 4.78 is 0. The second kappa shape index (κ2) is 7.98. The Hall–Kier alpha value is -1.44. The van der Waals surface area contributed by atoms with Gasteiger partial charge in [-0.2, -0.15) is 11.8 Å². The average Bonchev–Trinajstić information content (AvgIpc) is 2.37. The minimum absolute atomic E-state index is 0.0143. The topological polar surface area (TPSA) is 116 Å². The Morgan fingerprint density at radius 3 is 2.55 bits per heavy atom. The van der Waals surface area contributed by atoms with Crippen LogP contribution in [0.4, 0.5) is 4.79 Å². The number of carboxylic acids is 2. The number of hydrogen-bond acceptors (Lipinski definition) is 4. The molecule has 2 amide bonds. The lowest BCUT2D eigenvalue weighted by atomic mass is 9.95. The molecule has 2 unspecified atom stereocenters. The van der Waals surface area contributed by atoms with Crippen LogP contribution in [0.5, 0.6) is 0 Å². The second-order valence-electron chi connectivity index (χ2n) is 4.83. The zero-order valence-electron chi connectivity index (χ0n) is 11.3. The molecule has 1 fully saturated rings. The van der Waals surface area contributed by atoms with Crippen LogP contribution < -0.4 is 10.6 Å². The van der Waals surface area contributed by atoms with Crippen LogP contribution >= 0.6 is 11.8 Å². The van der Waals surface area contributed by atoms with Crippen molar-refractivity contribution in [3.8, 4) is 0 Å². The summed E-state index contributed by atoms with van der Waals surface area (Å²) >= 11 is 1.76. The Morgan fingerprint density at radius 1 is 1.30 bits per heavy atom. The minimum Gasteiger partial charge on any atom is -0.481 e. The molecule has 20 heavy (non-hydrogen) atoms. The van der Waals surface area contributed by atoms with Crippen LogP contribution in [0.15, 0.2) is 0 Å². The molecule has 1 rings (SSSR count). The molecule has 0 radical (unpaired) electrons. The minimum atomic E-state index is -1.41. The van der Waals surface area contributed by atoms with Gasteiger partial charge in [0.25, 0.3) is 0 Å². The Morgan fingerprint density at radius 2 is 2.00 bits per heavy atom. The number of hydrogen-bond donors (Lipinski definition) is 4. The lowest BCUT2D eigenvalue weighted by Gasteiger charge is -2.29. The molecule has 0 aromatic carbocycles. The maximum atomic E-state index is 11.7. The molecule has 1 aliphatic rings. The highest BCUT2D eigenvalue weighted by Crippen LogP contribution is 2.26. The first-order valence-electron chi connectivity index (χ1n) is 6.46. The SMILES string of the molecule is CSC1CCCC(NC(=O)N[C@H](CC(=O)O)C(=O)O)C1. The van der Waals surface area contributed by atoms with Gasteiger partial charge in [0.05, 0.1) is 6.42 Å². The highest BCUT2D eigenvalue weighted by molar-refractivity contribution is 7.99. The first-order valence-corrected chi connectivity index (χ1v) is 7.75. The molecule has 1 saturated carbocycles. The molecule has 3 atom stereocenters. The normalized spacial score (nSPS) is 23.6. The standard InChI is InChI=1S/C12H20N2O5S/c1-20-8-4-2-3-7(5-8)13-12(19)14-9(11(17)18)6-10(15)16/h7-9H,2-6H2,1H3,(H,15,16)(H,17,18)(H2,13,14,19)/t7?,8?,9-/m1/s1. The van der Waals surface area contributed by atoms with Crippen molar-refractivity contribution in [3.05, 3.63) is 0 Å². The van der Waals surface area contributed by atoms with E-state index in [1.165, 1.54) is 0 Å². The van der Waals surface area contributed by atoms with Crippen LogP contribution in [0.1, 0.15) is 32.1 Å². The summed E-state index contributed by atoms with van der Waals surface area (Å²) in [5.41, 5.74) is 0. The molecule has 0 heterocycles. The number of thioether (sulfide) groups is 1. The number of carbonyl (C=O) groups excluding carboxylic acids is 1. The van der Waals surface area contributed by atoms with Crippen molar-refractivity contribution in [2.45, 2.75) is 49.4 Å². The summed E-state index contributed by atoms with van der Waals surface area (Å²) in [7, 11) is 0. The summed E-state index contributed by atoms with van der Waals surface area (Å²) in [6, 6.07) is -2.02. The highest BCUT2D eigenvalue weighted by atomic mass is 32.2. The predicted molar refractivity (Wildman–Crippen MR) is 74.9 cm³/mol. The quantitative estimate of drug-likeness (QED) is 0.579. The third-order valence-corrected chi connectivity index (χ3v) is 4.37. The Labute approximate surface area is 121 Å². The summed E-state index contributed by atoms with van der Waals surface area (Å²) in [6.45, 7) is 0. The van der Waals surface area contributed by atoms with Gasteiger partial charge in [-0.05, 0) is 25.5 Å². The average molecular weight is 304 g/mol. The predicted octanol–water partition coefficient (Wildman–Crippen LogP) is 0.888. The zero-order chi connectivity index (χ0) is 15.1. The van der Waals surface area contributed by atoms with Crippen molar-refractivity contribution in [1.29, 1.82) is 0 Å². The van der Waals surface area contributed by atoms with Gasteiger partial charge in [-0.1, -0.05) is 6.42 Å². The third kappa shape index (κ3) is 5.68. The Bertz CT molecular complexity index is 377. The number of nitrogens with one attached hydrogen (secondary N) is 2. The number of carboxylic acid groups (broad SMARTS) is 2. The number of aliphatic carboxylic acids is 2. The van der Waals surface area contributed by atoms with Gasteiger partial charge >= 0.3 is 18.0 Å². The molecule has 8 heteroatoms. The van der Waals surface area contributed by atoms with E-state index in [1.807, 2.05) is 6.26 Å². The van der Waals surface area contributed by atoms with Gasteiger partial charge in [-0.3, -0.25) is 4.79 Å². The monoisotopic (exact) mass is 304 g/mol. The van der Waals surface area contributed by atoms with E-state index < -0.39 is 30.4 Å². The van der Waals surface area contributed by atoms with Crippen LogP contribution in [0.2, 0.25) is 0 Å². The van der Waals surface area contributed by atoms with Crippen molar-refractivity contribution in [1.82, 2.24) is 10.6 Å². The van der Waals surface area contributed by atoms with Gasteiger partial charge in [-0.25, -0.2) is 9.59 Å². The van der Waals surface area contributed by atoms with Crippen LogP contribution in [-0.4, -0.2) is 51.8 Å². The van der Waals surface area contributed by atoms with Gasteiger partial charge in [-0.15, -0.1) is 0 Å². The van der Waals surface area contributed by atoms with Crippen molar-refractivity contribution in [2.24, 2.45) is 0 Å². The van der Waals surface area contributed by atoms with Crippen molar-refractivity contribution in [2.75, 3.05) is 6.26 Å². The molecule has 0 bridgehead atoms. The van der Waals surface area contributed by atoms with Gasteiger partial charge in [0.2, 0.25) is 0 Å². The number of amides is 2. The van der Waals surface area contributed by atoms with E-state index in [0.29, 0.717) is 5.25 Å². The van der Waals surface area contributed by atoms with Crippen molar-refractivity contribution < 1.29 is 24.6 Å². The Kier molecular flexibility index (Phi) is 6.63.